The van der Waals surface area contributed by atoms with Gasteiger partial charge in [-0.05, 0) is 38.5 Å². The molecule has 0 aliphatic carbocycles. The molecule has 0 saturated heterocycles. The van der Waals surface area contributed by atoms with Crippen molar-refractivity contribution < 1.29 is 13.3 Å². The summed E-state index contributed by atoms with van der Waals surface area (Å²) in [4.78, 5) is 0. The van der Waals surface area contributed by atoms with Crippen molar-refractivity contribution in [2.75, 3.05) is 19.8 Å². The molecule has 0 saturated carbocycles. The van der Waals surface area contributed by atoms with Gasteiger partial charge >= 0.3 is 8.80 Å². The van der Waals surface area contributed by atoms with Crippen LogP contribution in [0.1, 0.15) is 130 Å². The second-order valence-electron chi connectivity index (χ2n) is 8.65. The molecule has 0 aliphatic rings. The van der Waals surface area contributed by atoms with Crippen molar-refractivity contribution in [3.05, 3.63) is 12.7 Å². The highest BCUT2D eigenvalue weighted by Gasteiger charge is 2.40. The first-order valence-corrected chi connectivity index (χ1v) is 15.2. The molecule has 4 heteroatoms. The summed E-state index contributed by atoms with van der Waals surface area (Å²) in [6.07, 6.45) is 22.8. The maximum atomic E-state index is 6.50. The van der Waals surface area contributed by atoms with Crippen molar-refractivity contribution in [2.45, 2.75) is 136 Å². The third-order valence-electron chi connectivity index (χ3n) is 5.60. The molecule has 0 aromatic heterocycles. The highest BCUT2D eigenvalue weighted by molar-refractivity contribution is 6.60. The fourth-order valence-corrected chi connectivity index (χ4v) is 6.33. The zero-order chi connectivity index (χ0) is 22.2. The van der Waals surface area contributed by atoms with Crippen molar-refractivity contribution >= 4 is 8.80 Å². The minimum atomic E-state index is -2.56. The van der Waals surface area contributed by atoms with Crippen molar-refractivity contribution in [3.8, 4) is 0 Å². The molecule has 0 bridgehead atoms. The largest absolute Gasteiger partial charge is 0.500 e. The van der Waals surface area contributed by atoms with Gasteiger partial charge in [-0.1, -0.05) is 97.5 Å². The van der Waals surface area contributed by atoms with Crippen LogP contribution in [0.4, 0.5) is 0 Å². The number of hydrogen-bond donors (Lipinski definition) is 0. The summed E-state index contributed by atoms with van der Waals surface area (Å²) in [5.74, 6) is 0. The lowest BCUT2D eigenvalue weighted by molar-refractivity contribution is 0.0546. The van der Waals surface area contributed by atoms with Crippen LogP contribution in [0, 0.1) is 0 Å². The Balaban J connectivity index is 4.71. The summed E-state index contributed by atoms with van der Waals surface area (Å²) in [5, 5.41) is 0. The lowest BCUT2D eigenvalue weighted by atomic mass is 10.1. The zero-order valence-electron chi connectivity index (χ0n) is 20.9. The molecule has 0 heterocycles. The van der Waals surface area contributed by atoms with Gasteiger partial charge in [0, 0.05) is 25.9 Å². The van der Waals surface area contributed by atoms with E-state index in [0.717, 1.165) is 58.0 Å². The van der Waals surface area contributed by atoms with E-state index in [4.69, 9.17) is 13.3 Å². The summed E-state index contributed by atoms with van der Waals surface area (Å²) in [6.45, 7) is 13.0. The Kier molecular flexibility index (Phi) is 23.4. The molecule has 0 aromatic rings. The van der Waals surface area contributed by atoms with Gasteiger partial charge < -0.3 is 13.3 Å². The average Bonchev–Trinajstić information content (AvgIpc) is 2.75. The van der Waals surface area contributed by atoms with E-state index in [9.17, 15) is 0 Å². The lowest BCUT2D eigenvalue weighted by Crippen LogP contribution is -2.46. The number of rotatable bonds is 25. The molecular formula is C26H54O3Si. The molecule has 3 nitrogen and oxygen atoms in total. The van der Waals surface area contributed by atoms with Crippen molar-refractivity contribution in [1.82, 2.24) is 0 Å². The minimum Gasteiger partial charge on any atom is -0.373 e. The van der Waals surface area contributed by atoms with E-state index in [2.05, 4.69) is 27.4 Å². The van der Waals surface area contributed by atoms with Gasteiger partial charge in [-0.3, -0.25) is 0 Å². The topological polar surface area (TPSA) is 27.7 Å². The number of unbranched alkanes of at least 4 members (excludes halogenated alkanes) is 13. The predicted octanol–water partition coefficient (Wildman–Crippen LogP) is 8.85. The van der Waals surface area contributed by atoms with Gasteiger partial charge in [0.05, 0.1) is 0 Å². The number of allylic oxidation sites excluding steroid dienone is 1. The van der Waals surface area contributed by atoms with Crippen LogP contribution in [0.3, 0.4) is 0 Å². The summed E-state index contributed by atoms with van der Waals surface area (Å²) >= 11 is 0. The summed E-state index contributed by atoms with van der Waals surface area (Å²) in [6, 6.07) is 0.983. The second-order valence-corrected chi connectivity index (χ2v) is 11.4. The third kappa shape index (κ3) is 18.6. The van der Waals surface area contributed by atoms with E-state index < -0.39 is 8.80 Å². The molecular weight excluding hydrogens is 388 g/mol. The van der Waals surface area contributed by atoms with E-state index in [1.165, 1.54) is 77.0 Å². The van der Waals surface area contributed by atoms with E-state index in [1.807, 2.05) is 6.08 Å². The maximum absolute atomic E-state index is 6.50. The Bertz CT molecular complexity index is 313. The van der Waals surface area contributed by atoms with Crippen molar-refractivity contribution in [1.29, 1.82) is 0 Å². The molecule has 0 fully saturated rings. The van der Waals surface area contributed by atoms with E-state index in [-0.39, 0.29) is 0 Å². The van der Waals surface area contributed by atoms with E-state index in [0.29, 0.717) is 0 Å². The SMILES string of the molecule is C=CCCCCCC[Si](OCCCCCC)(OCCCCCC)OCCCCCC. The quantitative estimate of drug-likeness (QED) is 0.0802. The van der Waals surface area contributed by atoms with Crippen LogP contribution in [0.5, 0.6) is 0 Å². The Hall–Kier alpha value is -0.163. The van der Waals surface area contributed by atoms with Crippen LogP contribution >= 0.6 is 0 Å². The van der Waals surface area contributed by atoms with Crippen LogP contribution in [-0.4, -0.2) is 28.6 Å². The van der Waals surface area contributed by atoms with E-state index >= 15 is 0 Å². The molecule has 0 rings (SSSR count). The van der Waals surface area contributed by atoms with Crippen LogP contribution in [0.25, 0.3) is 0 Å². The molecule has 0 N–H and O–H groups in total. The van der Waals surface area contributed by atoms with Gasteiger partial charge in [0.2, 0.25) is 0 Å². The van der Waals surface area contributed by atoms with Gasteiger partial charge in [-0.25, -0.2) is 0 Å². The first kappa shape index (κ1) is 29.8. The molecule has 180 valence electrons. The van der Waals surface area contributed by atoms with Gasteiger partial charge in [-0.15, -0.1) is 6.58 Å². The Morgan fingerprint density at radius 1 is 0.533 bits per heavy atom. The zero-order valence-corrected chi connectivity index (χ0v) is 21.9. The van der Waals surface area contributed by atoms with Gasteiger partial charge in [-0.2, -0.15) is 0 Å². The Morgan fingerprint density at radius 3 is 1.33 bits per heavy atom. The van der Waals surface area contributed by atoms with Crippen LogP contribution in [-0.2, 0) is 13.3 Å². The van der Waals surface area contributed by atoms with Gasteiger partial charge in [0.15, 0.2) is 0 Å². The predicted molar refractivity (Wildman–Crippen MR) is 134 cm³/mol. The molecule has 0 unspecified atom stereocenters. The first-order valence-electron chi connectivity index (χ1n) is 13.3. The summed E-state index contributed by atoms with van der Waals surface area (Å²) < 4.78 is 19.5. The minimum absolute atomic E-state index is 0.798. The maximum Gasteiger partial charge on any atom is 0.500 e. The first-order chi connectivity index (χ1) is 14.7. The summed E-state index contributed by atoms with van der Waals surface area (Å²) in [7, 11) is -2.56. The van der Waals surface area contributed by atoms with Crippen LogP contribution < -0.4 is 0 Å². The van der Waals surface area contributed by atoms with Crippen molar-refractivity contribution in [2.24, 2.45) is 0 Å². The van der Waals surface area contributed by atoms with Crippen LogP contribution in [0.15, 0.2) is 12.7 Å². The van der Waals surface area contributed by atoms with E-state index in [1.54, 1.807) is 0 Å². The second kappa shape index (κ2) is 23.5. The monoisotopic (exact) mass is 442 g/mol. The molecule has 0 atom stereocenters. The molecule has 0 radical (unpaired) electrons. The standard InChI is InChI=1S/C26H54O3Si/c1-5-9-13-17-18-22-26-30(27-23-19-14-10-6-2,28-24-20-15-11-7-3)29-25-21-16-12-8-4/h5H,1,6-26H2,2-4H3. The fraction of sp³-hybridized carbons (Fsp3) is 0.923. The number of hydrogen-bond acceptors (Lipinski definition) is 3. The van der Waals surface area contributed by atoms with Crippen molar-refractivity contribution in [3.63, 3.8) is 0 Å². The highest BCUT2D eigenvalue weighted by Crippen LogP contribution is 2.23. The normalized spacial score (nSPS) is 11.8. The molecule has 30 heavy (non-hydrogen) atoms. The fourth-order valence-electron chi connectivity index (χ4n) is 3.59. The van der Waals surface area contributed by atoms with Crippen LogP contribution in [0.2, 0.25) is 6.04 Å². The molecule has 0 aromatic carbocycles. The molecule has 0 amide bonds. The van der Waals surface area contributed by atoms with Gasteiger partial charge in [0.25, 0.3) is 0 Å². The lowest BCUT2D eigenvalue weighted by Gasteiger charge is -2.30. The summed E-state index contributed by atoms with van der Waals surface area (Å²) in [5.41, 5.74) is 0. The van der Waals surface area contributed by atoms with Gasteiger partial charge in [0.1, 0.15) is 0 Å². The molecule has 0 aliphatic heterocycles. The highest BCUT2D eigenvalue weighted by atomic mass is 28.4. The Labute approximate surface area is 190 Å². The Morgan fingerprint density at radius 2 is 0.933 bits per heavy atom. The third-order valence-corrected chi connectivity index (χ3v) is 8.50. The smallest absolute Gasteiger partial charge is 0.373 e. The molecule has 0 spiro atoms. The average molecular weight is 443 g/mol.